The van der Waals surface area contributed by atoms with Crippen LogP contribution in [-0.4, -0.2) is 38.4 Å². The Kier molecular flexibility index (Phi) is 6.05. The van der Waals surface area contributed by atoms with E-state index in [4.69, 9.17) is 0 Å². The summed E-state index contributed by atoms with van der Waals surface area (Å²) >= 11 is 0. The number of nitrogens with zero attached hydrogens (tertiary/aromatic N) is 3. The van der Waals surface area contributed by atoms with Crippen LogP contribution in [0.4, 0.5) is 0 Å². The quantitative estimate of drug-likeness (QED) is 0.734. The molecular formula is C22H30Cl2N4O2. The molecule has 2 bridgehead atoms. The molecule has 0 aromatic carbocycles. The lowest BCUT2D eigenvalue weighted by molar-refractivity contribution is 0.169. The summed E-state index contributed by atoms with van der Waals surface area (Å²) in [6.07, 6.45) is 9.00. The molecule has 4 aliphatic rings. The van der Waals surface area contributed by atoms with E-state index in [2.05, 4.69) is 20.9 Å². The minimum absolute atomic E-state index is 0. The van der Waals surface area contributed by atoms with Gasteiger partial charge in [-0.3, -0.25) is 4.79 Å². The largest absolute Gasteiger partial charge is 0.393 e. The van der Waals surface area contributed by atoms with Crippen molar-refractivity contribution in [3.63, 3.8) is 0 Å². The van der Waals surface area contributed by atoms with Gasteiger partial charge in [0.15, 0.2) is 0 Å². The minimum Gasteiger partial charge on any atom is -0.393 e. The van der Waals surface area contributed by atoms with Crippen LogP contribution in [0.15, 0.2) is 29.3 Å². The molecule has 6 atom stereocenters. The van der Waals surface area contributed by atoms with Gasteiger partial charge < -0.3 is 19.6 Å². The molecule has 2 aliphatic carbocycles. The topological polar surface area (TPSA) is 72.1 Å². The molecule has 2 N–H and O–H groups in total. The molecule has 164 valence electrons. The van der Waals surface area contributed by atoms with Crippen LogP contribution in [0.2, 0.25) is 0 Å². The molecule has 0 amide bonds. The highest BCUT2D eigenvalue weighted by molar-refractivity contribution is 5.85. The number of imidazole rings is 1. The summed E-state index contributed by atoms with van der Waals surface area (Å²) in [6.45, 7) is 2.80. The number of aliphatic hydroxyl groups is 1. The van der Waals surface area contributed by atoms with E-state index in [1.165, 1.54) is 12.1 Å². The Hall–Kier alpha value is -1.34. The molecule has 2 saturated carbocycles. The van der Waals surface area contributed by atoms with Crippen LogP contribution in [-0.2, 0) is 6.54 Å². The highest BCUT2D eigenvalue weighted by Gasteiger charge is 2.42. The van der Waals surface area contributed by atoms with E-state index in [1.54, 1.807) is 0 Å². The van der Waals surface area contributed by atoms with Gasteiger partial charge in [-0.1, -0.05) is 0 Å². The van der Waals surface area contributed by atoms with E-state index in [0.29, 0.717) is 29.7 Å². The Morgan fingerprint density at radius 1 is 1.03 bits per heavy atom. The fourth-order valence-electron chi connectivity index (χ4n) is 6.56. The van der Waals surface area contributed by atoms with Gasteiger partial charge in [-0.15, -0.1) is 24.8 Å². The summed E-state index contributed by atoms with van der Waals surface area (Å²) in [4.78, 5) is 18.0. The van der Waals surface area contributed by atoms with Crippen LogP contribution in [0, 0.1) is 17.8 Å². The number of hydrogen-bond acceptors (Lipinski definition) is 4. The molecule has 6 rings (SSSR count). The third-order valence-corrected chi connectivity index (χ3v) is 7.78. The zero-order chi connectivity index (χ0) is 18.8. The number of piperidine rings is 1. The number of aliphatic hydroxyl groups excluding tert-OH is 1. The van der Waals surface area contributed by atoms with Gasteiger partial charge in [0.05, 0.1) is 11.7 Å². The molecule has 30 heavy (non-hydrogen) atoms. The van der Waals surface area contributed by atoms with Crippen molar-refractivity contribution in [3.05, 3.63) is 40.6 Å². The van der Waals surface area contributed by atoms with Crippen LogP contribution >= 0.6 is 24.8 Å². The first kappa shape index (κ1) is 21.9. The van der Waals surface area contributed by atoms with Gasteiger partial charge in [0.1, 0.15) is 5.82 Å². The Morgan fingerprint density at radius 3 is 2.57 bits per heavy atom. The van der Waals surface area contributed by atoms with Gasteiger partial charge >= 0.3 is 0 Å². The highest BCUT2D eigenvalue weighted by Crippen LogP contribution is 2.49. The maximum atomic E-state index is 13.4. The van der Waals surface area contributed by atoms with Crippen molar-refractivity contribution in [2.75, 3.05) is 13.1 Å². The van der Waals surface area contributed by atoms with E-state index in [0.717, 1.165) is 56.7 Å². The second-order valence-corrected chi connectivity index (χ2v) is 9.47. The number of hydrogen-bond donors (Lipinski definition) is 2. The fraction of sp³-hybridized carbons (Fsp3) is 0.636. The molecule has 1 saturated heterocycles. The molecule has 6 nitrogen and oxygen atoms in total. The lowest BCUT2D eigenvalue weighted by Crippen LogP contribution is -2.45. The predicted molar refractivity (Wildman–Crippen MR) is 121 cm³/mol. The van der Waals surface area contributed by atoms with Crippen molar-refractivity contribution in [3.8, 4) is 11.4 Å². The van der Waals surface area contributed by atoms with Gasteiger partial charge in [0.25, 0.3) is 5.56 Å². The van der Waals surface area contributed by atoms with Gasteiger partial charge in [-0.05, 0) is 68.5 Å². The van der Waals surface area contributed by atoms with Crippen LogP contribution in [0.5, 0.6) is 0 Å². The number of pyridine rings is 1. The fourth-order valence-corrected chi connectivity index (χ4v) is 6.56. The van der Waals surface area contributed by atoms with Gasteiger partial charge in [0.2, 0.25) is 0 Å². The van der Waals surface area contributed by atoms with Crippen molar-refractivity contribution < 1.29 is 5.11 Å². The third kappa shape index (κ3) is 3.42. The van der Waals surface area contributed by atoms with Crippen molar-refractivity contribution in [2.24, 2.45) is 17.8 Å². The van der Waals surface area contributed by atoms with E-state index >= 15 is 0 Å². The lowest BCUT2D eigenvalue weighted by Gasteiger charge is -2.37. The van der Waals surface area contributed by atoms with E-state index in [-0.39, 0.29) is 36.5 Å². The first-order valence-corrected chi connectivity index (χ1v) is 10.8. The zero-order valence-electron chi connectivity index (χ0n) is 16.9. The monoisotopic (exact) mass is 452 g/mol. The maximum Gasteiger partial charge on any atom is 0.261 e. The molecule has 2 unspecified atom stereocenters. The second kappa shape index (κ2) is 8.30. The van der Waals surface area contributed by atoms with Gasteiger partial charge in [-0.2, -0.15) is 0 Å². The number of rotatable bonds is 2. The van der Waals surface area contributed by atoms with Gasteiger partial charge in [0, 0.05) is 43.1 Å². The normalized spacial score (nSPS) is 33.9. The zero-order valence-corrected chi connectivity index (χ0v) is 18.6. The average Bonchev–Trinajstić information content (AvgIpc) is 3.37. The number of fused-ring (bicyclic) bond motifs is 5. The molecule has 4 heterocycles. The van der Waals surface area contributed by atoms with Crippen molar-refractivity contribution in [1.82, 2.24) is 19.4 Å². The van der Waals surface area contributed by atoms with Crippen molar-refractivity contribution in [2.45, 2.75) is 56.7 Å². The van der Waals surface area contributed by atoms with E-state index in [9.17, 15) is 9.90 Å². The van der Waals surface area contributed by atoms with E-state index in [1.807, 2.05) is 23.0 Å². The van der Waals surface area contributed by atoms with E-state index < -0.39 is 0 Å². The van der Waals surface area contributed by atoms with Crippen LogP contribution in [0.3, 0.4) is 0 Å². The molecular weight excluding hydrogens is 423 g/mol. The summed E-state index contributed by atoms with van der Waals surface area (Å²) in [6, 6.07) is 4.55. The maximum absolute atomic E-state index is 13.4. The SMILES string of the molecule is Cl.Cl.O=c1c(-c2nccn2C2C[C@H]3CC(O)C[C@H]3C2)ccc2n1C[C@@H]1CNC[C@H]2C1. The van der Waals surface area contributed by atoms with Crippen LogP contribution in [0.25, 0.3) is 11.4 Å². The number of aromatic nitrogens is 3. The summed E-state index contributed by atoms with van der Waals surface area (Å²) in [7, 11) is 0. The molecule has 0 spiro atoms. The lowest BCUT2D eigenvalue weighted by atomic mass is 9.84. The Labute approximate surface area is 188 Å². The number of halogens is 2. The van der Waals surface area contributed by atoms with Crippen LogP contribution in [0.1, 0.15) is 49.8 Å². The smallest absolute Gasteiger partial charge is 0.261 e. The third-order valence-electron chi connectivity index (χ3n) is 7.78. The van der Waals surface area contributed by atoms with Crippen molar-refractivity contribution in [1.29, 1.82) is 0 Å². The average molecular weight is 453 g/mol. The minimum atomic E-state index is -0.113. The van der Waals surface area contributed by atoms with Gasteiger partial charge in [-0.25, -0.2) is 4.98 Å². The predicted octanol–water partition coefficient (Wildman–Crippen LogP) is 2.98. The Bertz CT molecular complexity index is 960. The molecule has 2 aromatic heterocycles. The standard InChI is InChI=1S/C22H28N4O2.2ClH/c27-18-8-14-6-17(7-15(14)9-18)25-4-3-24-21(25)19-1-2-20-16-5-13(10-23-11-16)12-26(20)22(19)28;;/h1-4,13-18,23,27H,5-12H2;2*1H/t13-,14-,15+,16+,17?,18?;;/m0../s1. The Balaban J connectivity index is 0.00000109. The van der Waals surface area contributed by atoms with Crippen molar-refractivity contribution >= 4 is 24.8 Å². The molecule has 8 heteroatoms. The number of nitrogens with one attached hydrogen (secondary N) is 1. The summed E-state index contributed by atoms with van der Waals surface area (Å²) in [5.41, 5.74) is 2.04. The Morgan fingerprint density at radius 2 is 1.80 bits per heavy atom. The molecule has 2 aromatic rings. The highest BCUT2D eigenvalue weighted by atomic mass is 35.5. The molecule has 3 fully saturated rings. The summed E-state index contributed by atoms with van der Waals surface area (Å²) in [5.74, 6) is 3.06. The first-order valence-electron chi connectivity index (χ1n) is 10.8. The van der Waals surface area contributed by atoms with Crippen LogP contribution < -0.4 is 10.9 Å². The summed E-state index contributed by atoms with van der Waals surface area (Å²) in [5, 5.41) is 13.4. The summed E-state index contributed by atoms with van der Waals surface area (Å²) < 4.78 is 4.26. The molecule has 0 radical (unpaired) electrons. The molecule has 2 aliphatic heterocycles. The second-order valence-electron chi connectivity index (χ2n) is 9.47. The first-order chi connectivity index (χ1) is 13.7.